The van der Waals surface area contributed by atoms with Gasteiger partial charge in [0.15, 0.2) is 0 Å². The van der Waals surface area contributed by atoms with E-state index in [1.165, 1.54) is 23.5 Å². The number of fused-ring (bicyclic) bond motifs is 1. The Morgan fingerprint density at radius 2 is 2.23 bits per heavy atom. The fourth-order valence-electron chi connectivity index (χ4n) is 1.17. The van der Waals surface area contributed by atoms with Gasteiger partial charge in [-0.1, -0.05) is 0 Å². The molecule has 0 aliphatic rings. The van der Waals surface area contributed by atoms with Crippen LogP contribution in [0.15, 0.2) is 17.5 Å². The topological polar surface area (TPSA) is 23.8 Å². The number of halogens is 2. The molecule has 0 aliphatic carbocycles. The lowest BCUT2D eigenvalue weighted by Gasteiger charge is -1.95. The molecular weight excluding hydrogens is 300 g/mol. The van der Waals surface area contributed by atoms with Crippen molar-refractivity contribution in [3.05, 3.63) is 32.5 Å². The Labute approximate surface area is 91.9 Å². The third-order valence-electron chi connectivity index (χ3n) is 1.75. The van der Waals surface area contributed by atoms with E-state index in [4.69, 9.17) is 5.26 Å². The van der Waals surface area contributed by atoms with E-state index in [9.17, 15) is 4.39 Å². The second kappa shape index (κ2) is 3.24. The Hall–Kier alpha value is -0.670. The number of hydrogen-bond donors (Lipinski definition) is 0. The molecule has 2 rings (SSSR count). The Balaban J connectivity index is 2.99. The van der Waals surface area contributed by atoms with E-state index in [1.54, 1.807) is 0 Å². The van der Waals surface area contributed by atoms with Crippen LogP contribution in [0.25, 0.3) is 10.1 Å². The average Bonchev–Trinajstić information content (AvgIpc) is 2.51. The van der Waals surface area contributed by atoms with Crippen molar-refractivity contribution < 1.29 is 4.39 Å². The van der Waals surface area contributed by atoms with Crippen molar-refractivity contribution in [1.82, 2.24) is 0 Å². The smallest absolute Gasteiger partial charge is 0.141 e. The van der Waals surface area contributed by atoms with Gasteiger partial charge in [-0.05, 0) is 34.7 Å². The molecule has 0 atom stereocenters. The van der Waals surface area contributed by atoms with E-state index in [-0.39, 0.29) is 5.82 Å². The van der Waals surface area contributed by atoms with Gasteiger partial charge in [-0.25, -0.2) is 4.39 Å². The molecule has 0 aliphatic heterocycles. The number of benzene rings is 1. The maximum Gasteiger partial charge on any atom is 0.141 e. The summed E-state index contributed by atoms with van der Waals surface area (Å²) in [5.41, 5.74) is 0.544. The molecule has 1 nitrogen and oxygen atoms in total. The highest BCUT2D eigenvalue weighted by Gasteiger charge is 2.10. The summed E-state index contributed by atoms with van der Waals surface area (Å²) in [6.07, 6.45) is 0. The van der Waals surface area contributed by atoms with Crippen molar-refractivity contribution in [3.63, 3.8) is 0 Å². The minimum Gasteiger partial charge on any atom is -0.205 e. The molecular formula is C9H3FINS. The molecule has 64 valence electrons. The molecule has 0 fully saturated rings. The van der Waals surface area contributed by atoms with Crippen LogP contribution in [-0.4, -0.2) is 0 Å². The van der Waals surface area contributed by atoms with E-state index >= 15 is 0 Å². The van der Waals surface area contributed by atoms with Crippen molar-refractivity contribution in [2.45, 2.75) is 0 Å². The first kappa shape index (κ1) is 8.91. The zero-order chi connectivity index (χ0) is 9.42. The SMILES string of the molecule is N#Cc1ccc(F)c2scc(I)c12. The first-order valence-corrected chi connectivity index (χ1v) is 5.45. The van der Waals surface area contributed by atoms with Gasteiger partial charge in [-0.15, -0.1) is 11.3 Å². The third kappa shape index (κ3) is 1.32. The summed E-state index contributed by atoms with van der Waals surface area (Å²) in [4.78, 5) is 0. The second-order valence-corrected chi connectivity index (χ2v) is 4.54. The van der Waals surface area contributed by atoms with Crippen LogP contribution in [0.1, 0.15) is 5.56 Å². The van der Waals surface area contributed by atoms with Gasteiger partial charge < -0.3 is 0 Å². The lowest BCUT2D eigenvalue weighted by molar-refractivity contribution is 0.641. The minimum absolute atomic E-state index is 0.248. The van der Waals surface area contributed by atoms with Crippen LogP contribution >= 0.6 is 33.9 Å². The first-order chi connectivity index (χ1) is 6.24. The Morgan fingerprint density at radius 3 is 2.92 bits per heavy atom. The molecule has 0 unspecified atom stereocenters. The number of nitriles is 1. The highest BCUT2D eigenvalue weighted by molar-refractivity contribution is 14.1. The largest absolute Gasteiger partial charge is 0.205 e. The Bertz CT molecular complexity index is 512. The highest BCUT2D eigenvalue weighted by atomic mass is 127. The maximum atomic E-state index is 13.2. The molecule has 13 heavy (non-hydrogen) atoms. The van der Waals surface area contributed by atoms with Crippen molar-refractivity contribution >= 4 is 44.0 Å². The molecule has 0 saturated heterocycles. The van der Waals surface area contributed by atoms with Crippen LogP contribution in [0, 0.1) is 20.7 Å². The molecule has 0 spiro atoms. The summed E-state index contributed by atoms with van der Waals surface area (Å²) in [5.74, 6) is -0.248. The zero-order valence-corrected chi connectivity index (χ0v) is 9.32. The monoisotopic (exact) mass is 303 g/mol. The van der Waals surface area contributed by atoms with Crippen LogP contribution in [0.3, 0.4) is 0 Å². The Morgan fingerprint density at radius 1 is 1.46 bits per heavy atom. The zero-order valence-electron chi connectivity index (χ0n) is 6.34. The lowest BCUT2D eigenvalue weighted by atomic mass is 10.1. The predicted octanol–water partition coefficient (Wildman–Crippen LogP) is 3.52. The molecule has 0 radical (unpaired) electrons. The van der Waals surface area contributed by atoms with Crippen LogP contribution in [0.2, 0.25) is 0 Å². The Kier molecular flexibility index (Phi) is 2.22. The van der Waals surface area contributed by atoms with Crippen LogP contribution < -0.4 is 0 Å². The summed E-state index contributed by atoms with van der Waals surface area (Å²) >= 11 is 3.45. The molecule has 2 aromatic rings. The average molecular weight is 303 g/mol. The molecule has 4 heteroatoms. The van der Waals surface area contributed by atoms with Crippen molar-refractivity contribution in [3.8, 4) is 6.07 Å². The fourth-order valence-corrected chi connectivity index (χ4v) is 3.15. The van der Waals surface area contributed by atoms with Gasteiger partial charge >= 0.3 is 0 Å². The summed E-state index contributed by atoms with van der Waals surface area (Å²) in [6.45, 7) is 0. The summed E-state index contributed by atoms with van der Waals surface area (Å²) in [5, 5.41) is 11.4. The molecule has 0 saturated carbocycles. The number of hydrogen-bond acceptors (Lipinski definition) is 2. The molecule has 1 aromatic carbocycles. The van der Waals surface area contributed by atoms with E-state index < -0.39 is 0 Å². The van der Waals surface area contributed by atoms with Gasteiger partial charge in [0, 0.05) is 14.3 Å². The number of thiophene rings is 1. The summed E-state index contributed by atoms with van der Waals surface area (Å²) in [6, 6.07) is 4.92. The molecule has 0 amide bonds. The van der Waals surface area contributed by atoms with Crippen LogP contribution in [0.5, 0.6) is 0 Å². The molecule has 0 bridgehead atoms. The van der Waals surface area contributed by atoms with Crippen molar-refractivity contribution in [1.29, 1.82) is 5.26 Å². The molecule has 1 aromatic heterocycles. The first-order valence-electron chi connectivity index (χ1n) is 3.49. The maximum absolute atomic E-state index is 13.2. The van der Waals surface area contributed by atoms with Gasteiger partial charge in [0.05, 0.1) is 16.3 Å². The van der Waals surface area contributed by atoms with E-state index in [1.807, 2.05) is 5.38 Å². The van der Waals surface area contributed by atoms with Crippen molar-refractivity contribution in [2.75, 3.05) is 0 Å². The second-order valence-electron chi connectivity index (χ2n) is 2.49. The van der Waals surface area contributed by atoms with Crippen molar-refractivity contribution in [2.24, 2.45) is 0 Å². The normalized spacial score (nSPS) is 10.2. The quantitative estimate of drug-likeness (QED) is 0.683. The lowest BCUT2D eigenvalue weighted by Crippen LogP contribution is -1.80. The van der Waals surface area contributed by atoms with Gasteiger partial charge in [-0.3, -0.25) is 0 Å². The van der Waals surface area contributed by atoms with Gasteiger partial charge in [-0.2, -0.15) is 5.26 Å². The standard InChI is InChI=1S/C9H3FINS/c10-6-2-1-5(3-12)8-7(11)4-13-9(6)8/h1-2,4H. The van der Waals surface area contributed by atoms with Gasteiger partial charge in [0.25, 0.3) is 0 Å². The van der Waals surface area contributed by atoms with Gasteiger partial charge in [0.1, 0.15) is 5.82 Å². The number of nitrogens with zero attached hydrogens (tertiary/aromatic N) is 1. The van der Waals surface area contributed by atoms with Crippen LogP contribution in [-0.2, 0) is 0 Å². The minimum atomic E-state index is -0.248. The molecule has 1 heterocycles. The van der Waals surface area contributed by atoms with Gasteiger partial charge in [0.2, 0.25) is 0 Å². The molecule has 0 N–H and O–H groups in total. The van der Waals surface area contributed by atoms with E-state index in [0.29, 0.717) is 10.3 Å². The summed E-state index contributed by atoms with van der Waals surface area (Å²) < 4.78 is 14.7. The van der Waals surface area contributed by atoms with E-state index in [0.717, 1.165) is 8.96 Å². The predicted molar refractivity (Wildman–Crippen MR) is 59.2 cm³/mol. The third-order valence-corrected chi connectivity index (χ3v) is 4.01. The number of rotatable bonds is 0. The summed E-state index contributed by atoms with van der Waals surface area (Å²) in [7, 11) is 0. The van der Waals surface area contributed by atoms with E-state index in [2.05, 4.69) is 28.7 Å². The van der Waals surface area contributed by atoms with Crippen LogP contribution in [0.4, 0.5) is 4.39 Å². The highest BCUT2D eigenvalue weighted by Crippen LogP contribution is 2.31. The fraction of sp³-hybridized carbons (Fsp3) is 0.